The number of nitrogens with one attached hydrogen (secondary N) is 2. The number of piperidine rings is 1. The average molecular weight is 311 g/mol. The molecule has 116 valence electrons. The molecule has 1 heterocycles. The first kappa shape index (κ1) is 16.1. The number of halogens is 1. The van der Waals surface area contributed by atoms with Gasteiger partial charge in [0.25, 0.3) is 0 Å². The molecule has 1 fully saturated rings. The highest BCUT2D eigenvalue weighted by Gasteiger charge is 2.17. The van der Waals surface area contributed by atoms with Gasteiger partial charge < -0.3 is 15.4 Å². The fourth-order valence-corrected chi connectivity index (χ4v) is 2.66. The molecule has 0 atom stereocenters. The molecule has 5 heteroatoms. The van der Waals surface area contributed by atoms with Crippen molar-refractivity contribution in [2.24, 2.45) is 5.92 Å². The number of benzene rings is 1. The van der Waals surface area contributed by atoms with Crippen molar-refractivity contribution in [3.05, 3.63) is 23.2 Å². The quantitative estimate of drug-likeness (QED) is 0.846. The first-order valence-corrected chi connectivity index (χ1v) is 7.99. The van der Waals surface area contributed by atoms with Crippen molar-refractivity contribution >= 4 is 23.2 Å². The summed E-state index contributed by atoms with van der Waals surface area (Å²) in [4.78, 5) is 12.2. The number of carbonyl (C=O) groups is 1. The van der Waals surface area contributed by atoms with Crippen molar-refractivity contribution in [1.29, 1.82) is 0 Å². The molecule has 4 nitrogen and oxygen atoms in total. The molecule has 2 rings (SSSR count). The molecule has 0 saturated carbocycles. The highest BCUT2D eigenvalue weighted by atomic mass is 35.5. The molecular weight excluding hydrogens is 288 g/mol. The summed E-state index contributed by atoms with van der Waals surface area (Å²) in [5, 5.41) is 6.84. The zero-order valence-electron chi connectivity index (χ0n) is 12.5. The first-order valence-electron chi connectivity index (χ1n) is 7.62. The summed E-state index contributed by atoms with van der Waals surface area (Å²) in [6.45, 7) is 4.67. The van der Waals surface area contributed by atoms with Crippen LogP contribution in [0.3, 0.4) is 0 Å². The molecule has 0 bridgehead atoms. The van der Waals surface area contributed by atoms with Crippen molar-refractivity contribution in [3.63, 3.8) is 0 Å². The van der Waals surface area contributed by atoms with Crippen molar-refractivity contribution in [1.82, 2.24) is 5.32 Å². The summed E-state index contributed by atoms with van der Waals surface area (Å²) < 4.78 is 5.65. The topological polar surface area (TPSA) is 50.4 Å². The molecule has 1 amide bonds. The second kappa shape index (κ2) is 8.25. The summed E-state index contributed by atoms with van der Waals surface area (Å²) in [5.74, 6) is 1.18. The molecule has 1 aliphatic heterocycles. The van der Waals surface area contributed by atoms with Crippen molar-refractivity contribution in [2.45, 2.75) is 32.6 Å². The van der Waals surface area contributed by atoms with Crippen LogP contribution in [0.25, 0.3) is 0 Å². The van der Waals surface area contributed by atoms with Crippen LogP contribution in [0.5, 0.6) is 5.75 Å². The molecule has 21 heavy (non-hydrogen) atoms. The van der Waals surface area contributed by atoms with E-state index in [-0.39, 0.29) is 5.91 Å². The maximum absolute atomic E-state index is 12.2. The molecule has 0 spiro atoms. The second-order valence-corrected chi connectivity index (χ2v) is 5.87. The first-order chi connectivity index (χ1) is 10.2. The van der Waals surface area contributed by atoms with Crippen LogP contribution in [-0.4, -0.2) is 25.6 Å². The van der Waals surface area contributed by atoms with Crippen LogP contribution in [0.2, 0.25) is 5.02 Å². The fourth-order valence-electron chi connectivity index (χ4n) is 2.49. The largest absolute Gasteiger partial charge is 0.491 e. The van der Waals surface area contributed by atoms with Crippen LogP contribution in [-0.2, 0) is 4.79 Å². The van der Waals surface area contributed by atoms with E-state index in [4.69, 9.17) is 16.3 Å². The van der Waals surface area contributed by atoms with E-state index in [9.17, 15) is 4.79 Å². The van der Waals surface area contributed by atoms with Gasteiger partial charge in [-0.05, 0) is 56.5 Å². The van der Waals surface area contributed by atoms with Crippen LogP contribution >= 0.6 is 11.6 Å². The summed E-state index contributed by atoms with van der Waals surface area (Å²) in [7, 11) is 0. The Morgan fingerprint density at radius 2 is 2.19 bits per heavy atom. The van der Waals surface area contributed by atoms with Gasteiger partial charge in [-0.25, -0.2) is 0 Å². The standard InChI is InChI=1S/C16H23ClN2O2/c1-2-9-21-15-4-3-13(17)11-14(15)19-16(20)10-12-5-7-18-8-6-12/h3-4,11-12,18H,2,5-10H2,1H3,(H,19,20). The summed E-state index contributed by atoms with van der Waals surface area (Å²) in [6.07, 6.45) is 3.59. The van der Waals surface area contributed by atoms with Gasteiger partial charge >= 0.3 is 0 Å². The molecule has 0 radical (unpaired) electrons. The second-order valence-electron chi connectivity index (χ2n) is 5.43. The maximum Gasteiger partial charge on any atom is 0.224 e. The lowest BCUT2D eigenvalue weighted by atomic mass is 9.94. The predicted octanol–water partition coefficient (Wildman–Crippen LogP) is 3.46. The van der Waals surface area contributed by atoms with Crippen molar-refractivity contribution in [3.8, 4) is 5.75 Å². The van der Waals surface area contributed by atoms with Gasteiger partial charge in [0.05, 0.1) is 12.3 Å². The van der Waals surface area contributed by atoms with Crippen LogP contribution < -0.4 is 15.4 Å². The van der Waals surface area contributed by atoms with Crippen LogP contribution in [0.1, 0.15) is 32.6 Å². The summed E-state index contributed by atoms with van der Waals surface area (Å²) in [5.41, 5.74) is 0.662. The number of carbonyl (C=O) groups excluding carboxylic acids is 1. The highest BCUT2D eigenvalue weighted by Crippen LogP contribution is 2.29. The van der Waals surface area contributed by atoms with Gasteiger partial charge in [-0.3, -0.25) is 4.79 Å². The van der Waals surface area contributed by atoms with Gasteiger partial charge in [0.15, 0.2) is 0 Å². The van der Waals surface area contributed by atoms with Gasteiger partial charge in [0, 0.05) is 11.4 Å². The molecule has 1 aliphatic rings. The van der Waals surface area contributed by atoms with Crippen LogP contribution in [0.15, 0.2) is 18.2 Å². The molecule has 1 aromatic carbocycles. The lowest BCUT2D eigenvalue weighted by molar-refractivity contribution is -0.117. The van der Waals surface area contributed by atoms with Gasteiger partial charge in [-0.2, -0.15) is 0 Å². The predicted molar refractivity (Wildman–Crippen MR) is 86.1 cm³/mol. The van der Waals surface area contributed by atoms with E-state index in [1.165, 1.54) is 0 Å². The number of rotatable bonds is 6. The van der Waals surface area contributed by atoms with Crippen LogP contribution in [0.4, 0.5) is 5.69 Å². The number of anilines is 1. The molecular formula is C16H23ClN2O2. The van der Waals surface area contributed by atoms with E-state index in [2.05, 4.69) is 10.6 Å². The Kier molecular flexibility index (Phi) is 6.33. The molecule has 2 N–H and O–H groups in total. The maximum atomic E-state index is 12.2. The Bertz CT molecular complexity index is 473. The SMILES string of the molecule is CCCOc1ccc(Cl)cc1NC(=O)CC1CCNCC1. The van der Waals surface area contributed by atoms with Gasteiger partial charge in [0.2, 0.25) is 5.91 Å². The van der Waals surface area contributed by atoms with Gasteiger partial charge in [-0.15, -0.1) is 0 Å². The zero-order valence-corrected chi connectivity index (χ0v) is 13.2. The lowest BCUT2D eigenvalue weighted by Crippen LogP contribution is -2.30. The van der Waals surface area contributed by atoms with Crippen LogP contribution in [0, 0.1) is 5.92 Å². The van der Waals surface area contributed by atoms with E-state index in [1.807, 2.05) is 6.92 Å². The number of ether oxygens (including phenoxy) is 1. The van der Waals surface area contributed by atoms with Crippen molar-refractivity contribution < 1.29 is 9.53 Å². The number of amides is 1. The smallest absolute Gasteiger partial charge is 0.224 e. The monoisotopic (exact) mass is 310 g/mol. The van der Waals surface area contributed by atoms with E-state index in [0.717, 1.165) is 32.4 Å². The summed E-state index contributed by atoms with van der Waals surface area (Å²) in [6, 6.07) is 5.32. The van der Waals surface area contributed by atoms with E-state index in [1.54, 1.807) is 18.2 Å². The summed E-state index contributed by atoms with van der Waals surface area (Å²) >= 11 is 6.01. The Morgan fingerprint density at radius 1 is 1.43 bits per heavy atom. The Hall–Kier alpha value is -1.26. The molecule has 0 aromatic heterocycles. The molecule has 1 aromatic rings. The third-order valence-electron chi connectivity index (χ3n) is 3.61. The third-order valence-corrected chi connectivity index (χ3v) is 3.85. The van der Waals surface area contributed by atoms with E-state index < -0.39 is 0 Å². The third kappa shape index (κ3) is 5.21. The molecule has 1 saturated heterocycles. The zero-order chi connectivity index (χ0) is 15.1. The normalized spacial score (nSPS) is 15.7. The minimum absolute atomic E-state index is 0.0329. The number of hydrogen-bond donors (Lipinski definition) is 2. The molecule has 0 unspecified atom stereocenters. The number of hydrogen-bond acceptors (Lipinski definition) is 3. The average Bonchev–Trinajstić information content (AvgIpc) is 2.47. The molecule has 0 aliphatic carbocycles. The minimum atomic E-state index is 0.0329. The van der Waals surface area contributed by atoms with E-state index in [0.29, 0.717) is 35.4 Å². The Morgan fingerprint density at radius 3 is 2.90 bits per heavy atom. The van der Waals surface area contributed by atoms with Crippen molar-refractivity contribution in [2.75, 3.05) is 25.0 Å². The van der Waals surface area contributed by atoms with E-state index >= 15 is 0 Å². The fraction of sp³-hybridized carbons (Fsp3) is 0.562. The Labute approximate surface area is 131 Å². The van der Waals surface area contributed by atoms with Gasteiger partial charge in [-0.1, -0.05) is 18.5 Å². The minimum Gasteiger partial charge on any atom is -0.491 e. The Balaban J connectivity index is 1.96. The lowest BCUT2D eigenvalue weighted by Gasteiger charge is -2.22. The highest BCUT2D eigenvalue weighted by molar-refractivity contribution is 6.31. The van der Waals surface area contributed by atoms with Gasteiger partial charge in [0.1, 0.15) is 5.75 Å².